The summed E-state index contributed by atoms with van der Waals surface area (Å²) < 4.78 is 0. The fraction of sp³-hybridized carbons (Fsp3) is 1.00. The number of likely N-dealkylation sites (N-methyl/N-ethyl adjacent to an activating group) is 1. The van der Waals surface area contributed by atoms with E-state index < -0.39 is 0 Å². The molecule has 17 heavy (non-hydrogen) atoms. The van der Waals surface area contributed by atoms with Gasteiger partial charge in [0.25, 0.3) is 0 Å². The number of piperidine rings is 1. The second-order valence-electron chi connectivity index (χ2n) is 5.85. The average Bonchev–Trinajstić information content (AvgIpc) is 2.88. The first kappa shape index (κ1) is 13.3. The molecule has 2 aliphatic heterocycles. The molecule has 1 atom stereocenters. The van der Waals surface area contributed by atoms with E-state index in [-0.39, 0.29) is 0 Å². The molecule has 1 N–H and O–H groups in total. The largest absolute Gasteiger partial charge is 0.316 e. The van der Waals surface area contributed by atoms with Crippen LogP contribution in [0.15, 0.2) is 0 Å². The minimum absolute atomic E-state index is 0.929. The van der Waals surface area contributed by atoms with Gasteiger partial charge in [-0.05, 0) is 77.8 Å². The molecule has 0 aliphatic carbocycles. The van der Waals surface area contributed by atoms with E-state index in [4.69, 9.17) is 0 Å². The molecule has 0 bridgehead atoms. The van der Waals surface area contributed by atoms with Crippen LogP contribution in [0.3, 0.4) is 0 Å². The molecule has 2 rings (SSSR count). The molecule has 3 heteroatoms. The predicted octanol–water partition coefficient (Wildman–Crippen LogP) is 1.40. The molecule has 0 spiro atoms. The van der Waals surface area contributed by atoms with E-state index in [2.05, 4.69) is 22.2 Å². The number of hydrogen-bond acceptors (Lipinski definition) is 3. The third-order valence-corrected chi connectivity index (χ3v) is 4.31. The van der Waals surface area contributed by atoms with Gasteiger partial charge in [-0.2, -0.15) is 0 Å². The van der Waals surface area contributed by atoms with Gasteiger partial charge in [0.05, 0.1) is 0 Å². The number of nitrogens with zero attached hydrogens (tertiary/aromatic N) is 2. The average molecular weight is 239 g/mol. The van der Waals surface area contributed by atoms with E-state index in [1.807, 2.05) is 0 Å². The summed E-state index contributed by atoms with van der Waals surface area (Å²) in [6, 6.07) is 0. The van der Waals surface area contributed by atoms with Crippen LogP contribution < -0.4 is 5.32 Å². The molecular weight excluding hydrogens is 210 g/mol. The van der Waals surface area contributed by atoms with Crippen LogP contribution in [0.2, 0.25) is 0 Å². The van der Waals surface area contributed by atoms with Crippen molar-refractivity contribution in [2.24, 2.45) is 5.92 Å². The summed E-state index contributed by atoms with van der Waals surface area (Å²) in [6.45, 7) is 8.96. The second kappa shape index (κ2) is 7.34. The lowest BCUT2D eigenvalue weighted by atomic mass is 9.96. The van der Waals surface area contributed by atoms with Crippen molar-refractivity contribution < 1.29 is 0 Å². The zero-order valence-corrected chi connectivity index (χ0v) is 11.5. The third kappa shape index (κ3) is 4.94. The lowest BCUT2D eigenvalue weighted by Crippen LogP contribution is -2.35. The highest BCUT2D eigenvalue weighted by molar-refractivity contribution is 4.71. The maximum Gasteiger partial charge on any atom is 0.0109 e. The highest BCUT2D eigenvalue weighted by Gasteiger charge is 2.14. The van der Waals surface area contributed by atoms with Gasteiger partial charge in [0.2, 0.25) is 0 Å². The van der Waals surface area contributed by atoms with E-state index >= 15 is 0 Å². The van der Waals surface area contributed by atoms with E-state index in [1.165, 1.54) is 77.9 Å². The number of likely N-dealkylation sites (tertiary alicyclic amines) is 1. The molecule has 1 unspecified atom stereocenters. The van der Waals surface area contributed by atoms with Crippen molar-refractivity contribution in [2.75, 3.05) is 52.9 Å². The Morgan fingerprint density at radius 1 is 1.18 bits per heavy atom. The van der Waals surface area contributed by atoms with Gasteiger partial charge in [-0.15, -0.1) is 0 Å². The summed E-state index contributed by atoms with van der Waals surface area (Å²) in [4.78, 5) is 5.13. The number of rotatable bonds is 6. The first-order chi connectivity index (χ1) is 8.34. The molecule has 0 saturated carbocycles. The van der Waals surface area contributed by atoms with Crippen molar-refractivity contribution in [1.82, 2.24) is 15.1 Å². The number of nitrogens with one attached hydrogen (secondary N) is 1. The van der Waals surface area contributed by atoms with Crippen LogP contribution in [0.4, 0.5) is 0 Å². The van der Waals surface area contributed by atoms with E-state index in [0.29, 0.717) is 0 Å². The van der Waals surface area contributed by atoms with Gasteiger partial charge in [-0.25, -0.2) is 0 Å². The Hall–Kier alpha value is -0.120. The highest BCUT2D eigenvalue weighted by atomic mass is 15.2. The van der Waals surface area contributed by atoms with Crippen LogP contribution in [-0.4, -0.2) is 62.7 Å². The second-order valence-corrected chi connectivity index (χ2v) is 5.85. The van der Waals surface area contributed by atoms with Gasteiger partial charge in [0.15, 0.2) is 0 Å². The Morgan fingerprint density at radius 3 is 2.71 bits per heavy atom. The van der Waals surface area contributed by atoms with Crippen LogP contribution in [-0.2, 0) is 0 Å². The van der Waals surface area contributed by atoms with Gasteiger partial charge in [0.1, 0.15) is 0 Å². The lowest BCUT2D eigenvalue weighted by Gasteiger charge is -2.26. The van der Waals surface area contributed by atoms with Crippen molar-refractivity contribution in [3.8, 4) is 0 Å². The quantitative estimate of drug-likeness (QED) is 0.756. The maximum atomic E-state index is 3.51. The predicted molar refractivity (Wildman–Crippen MR) is 73.4 cm³/mol. The van der Waals surface area contributed by atoms with Crippen LogP contribution in [0.5, 0.6) is 0 Å². The molecule has 100 valence electrons. The number of hydrogen-bond donors (Lipinski definition) is 1. The Bertz CT molecular complexity index is 196. The summed E-state index contributed by atoms with van der Waals surface area (Å²) in [5, 5.41) is 3.51. The summed E-state index contributed by atoms with van der Waals surface area (Å²) in [6.07, 6.45) is 7.02. The fourth-order valence-electron chi connectivity index (χ4n) is 3.00. The minimum Gasteiger partial charge on any atom is -0.316 e. The molecule has 0 radical (unpaired) electrons. The van der Waals surface area contributed by atoms with Crippen molar-refractivity contribution >= 4 is 0 Å². The van der Waals surface area contributed by atoms with Crippen LogP contribution in [0.1, 0.15) is 32.1 Å². The molecule has 0 amide bonds. The van der Waals surface area contributed by atoms with Crippen molar-refractivity contribution in [3.05, 3.63) is 0 Å². The minimum atomic E-state index is 0.929. The van der Waals surface area contributed by atoms with E-state index in [0.717, 1.165) is 5.92 Å². The lowest BCUT2D eigenvalue weighted by molar-refractivity contribution is 0.235. The molecule has 2 aliphatic rings. The van der Waals surface area contributed by atoms with Gasteiger partial charge < -0.3 is 15.1 Å². The van der Waals surface area contributed by atoms with Crippen molar-refractivity contribution in [3.63, 3.8) is 0 Å². The topological polar surface area (TPSA) is 18.5 Å². The SMILES string of the molecule is CN(CCC1CCCNC1)CCN1CCCC1. The highest BCUT2D eigenvalue weighted by Crippen LogP contribution is 2.14. The standard InChI is InChI=1S/C14H29N3/c1-16(11-12-17-8-2-3-9-17)10-6-14-5-4-7-15-13-14/h14-15H,2-13H2,1H3. The maximum absolute atomic E-state index is 3.51. The normalized spacial score (nSPS) is 26.8. The summed E-state index contributed by atoms with van der Waals surface area (Å²) in [5.74, 6) is 0.929. The zero-order valence-electron chi connectivity index (χ0n) is 11.5. The Kier molecular flexibility index (Phi) is 5.75. The molecule has 2 saturated heterocycles. The van der Waals surface area contributed by atoms with Gasteiger partial charge in [-0.1, -0.05) is 0 Å². The van der Waals surface area contributed by atoms with Crippen LogP contribution >= 0.6 is 0 Å². The van der Waals surface area contributed by atoms with Gasteiger partial charge in [-0.3, -0.25) is 0 Å². The summed E-state index contributed by atoms with van der Waals surface area (Å²) in [5.41, 5.74) is 0. The molecule has 2 fully saturated rings. The third-order valence-electron chi connectivity index (χ3n) is 4.31. The van der Waals surface area contributed by atoms with Gasteiger partial charge in [0, 0.05) is 13.1 Å². The smallest absolute Gasteiger partial charge is 0.0109 e. The van der Waals surface area contributed by atoms with Crippen molar-refractivity contribution in [1.29, 1.82) is 0 Å². The molecule has 0 aromatic heterocycles. The molecule has 2 heterocycles. The van der Waals surface area contributed by atoms with Crippen LogP contribution in [0.25, 0.3) is 0 Å². The molecular formula is C14H29N3. The van der Waals surface area contributed by atoms with Gasteiger partial charge >= 0.3 is 0 Å². The Labute approximate surface area is 107 Å². The van der Waals surface area contributed by atoms with Crippen LogP contribution in [0, 0.1) is 5.92 Å². The first-order valence-electron chi connectivity index (χ1n) is 7.46. The molecule has 3 nitrogen and oxygen atoms in total. The van der Waals surface area contributed by atoms with E-state index in [1.54, 1.807) is 0 Å². The fourth-order valence-corrected chi connectivity index (χ4v) is 3.00. The Morgan fingerprint density at radius 2 is 2.00 bits per heavy atom. The molecule has 0 aromatic carbocycles. The first-order valence-corrected chi connectivity index (χ1v) is 7.46. The molecule has 0 aromatic rings. The summed E-state index contributed by atoms with van der Waals surface area (Å²) >= 11 is 0. The monoisotopic (exact) mass is 239 g/mol. The Balaban J connectivity index is 1.52. The summed E-state index contributed by atoms with van der Waals surface area (Å²) in [7, 11) is 2.28. The van der Waals surface area contributed by atoms with E-state index in [9.17, 15) is 0 Å². The van der Waals surface area contributed by atoms with Crippen molar-refractivity contribution in [2.45, 2.75) is 32.1 Å². The zero-order chi connectivity index (χ0) is 11.9.